The molecule has 5 rings (SSSR count). The van der Waals surface area contributed by atoms with E-state index in [0.717, 1.165) is 52.2 Å². The molecule has 4 aromatic rings. The third-order valence-electron chi connectivity index (χ3n) is 8.38. The molecule has 1 N–H and O–H groups in total. The van der Waals surface area contributed by atoms with E-state index >= 15 is 0 Å². The third-order valence-corrected chi connectivity index (χ3v) is 10.4. The Morgan fingerprint density at radius 1 is 0.826 bits per heavy atom. The van der Waals surface area contributed by atoms with E-state index in [1.54, 1.807) is 23.1 Å². The van der Waals surface area contributed by atoms with Gasteiger partial charge in [0.05, 0.1) is 10.6 Å². The minimum absolute atomic E-state index is 0.0104. The van der Waals surface area contributed by atoms with E-state index in [2.05, 4.69) is 5.32 Å². The van der Waals surface area contributed by atoms with Crippen molar-refractivity contribution in [2.75, 3.05) is 10.8 Å². The fourth-order valence-corrected chi connectivity index (χ4v) is 7.51. The molecule has 4 aromatic carbocycles. The molecule has 1 fully saturated rings. The number of benzene rings is 4. The highest BCUT2D eigenvalue weighted by Crippen LogP contribution is 2.27. The Hall–Kier alpha value is -4.14. The molecular weight excluding hydrogens is 618 g/mol. The normalized spacial score (nSPS) is 14.1. The van der Waals surface area contributed by atoms with Crippen LogP contribution in [0.4, 0.5) is 5.69 Å². The maximum absolute atomic E-state index is 14.6. The second-order valence-corrected chi connectivity index (χ2v) is 14.3. The van der Waals surface area contributed by atoms with Crippen molar-refractivity contribution < 1.29 is 18.0 Å². The van der Waals surface area contributed by atoms with Crippen LogP contribution in [0, 0.1) is 13.8 Å². The van der Waals surface area contributed by atoms with E-state index < -0.39 is 28.5 Å². The number of anilines is 1. The molecule has 1 aliphatic carbocycles. The van der Waals surface area contributed by atoms with Crippen LogP contribution < -0.4 is 9.62 Å². The molecule has 240 valence electrons. The highest BCUT2D eigenvalue weighted by molar-refractivity contribution is 7.92. The van der Waals surface area contributed by atoms with Crippen LogP contribution in [0.25, 0.3) is 0 Å². The summed E-state index contributed by atoms with van der Waals surface area (Å²) in [5, 5.41) is 3.61. The van der Waals surface area contributed by atoms with Gasteiger partial charge in [-0.15, -0.1) is 0 Å². The molecule has 1 aliphatic rings. The molecule has 1 saturated carbocycles. The molecule has 0 saturated heterocycles. The van der Waals surface area contributed by atoms with E-state index in [1.165, 1.54) is 24.3 Å². The second-order valence-electron chi connectivity index (χ2n) is 12.0. The van der Waals surface area contributed by atoms with Gasteiger partial charge in [-0.25, -0.2) is 8.42 Å². The van der Waals surface area contributed by atoms with Crippen LogP contribution in [-0.2, 0) is 32.6 Å². The zero-order valence-electron chi connectivity index (χ0n) is 26.2. The quantitative estimate of drug-likeness (QED) is 0.181. The first-order valence-electron chi connectivity index (χ1n) is 15.6. The number of nitrogens with one attached hydrogen (secondary N) is 1. The molecule has 0 spiro atoms. The summed E-state index contributed by atoms with van der Waals surface area (Å²) in [4.78, 5) is 30.3. The minimum atomic E-state index is -4.19. The van der Waals surface area contributed by atoms with Gasteiger partial charge in [0, 0.05) is 24.0 Å². The van der Waals surface area contributed by atoms with Crippen LogP contribution >= 0.6 is 11.6 Å². The first-order valence-corrected chi connectivity index (χ1v) is 17.5. The van der Waals surface area contributed by atoms with Gasteiger partial charge in [-0.1, -0.05) is 96.7 Å². The fourth-order valence-electron chi connectivity index (χ4n) is 5.97. The van der Waals surface area contributed by atoms with Gasteiger partial charge in [0.1, 0.15) is 12.6 Å². The highest BCUT2D eigenvalue weighted by Gasteiger charge is 2.35. The number of halogens is 1. The largest absolute Gasteiger partial charge is 0.352 e. The molecule has 0 heterocycles. The van der Waals surface area contributed by atoms with Gasteiger partial charge in [-0.3, -0.25) is 13.9 Å². The summed E-state index contributed by atoms with van der Waals surface area (Å²) in [6.07, 6.45) is 4.18. The lowest BCUT2D eigenvalue weighted by molar-refractivity contribution is -0.140. The van der Waals surface area contributed by atoms with Crippen molar-refractivity contribution in [1.29, 1.82) is 0 Å². The van der Waals surface area contributed by atoms with Gasteiger partial charge in [0.15, 0.2) is 0 Å². The zero-order valence-corrected chi connectivity index (χ0v) is 27.8. The zero-order chi connectivity index (χ0) is 32.7. The molecule has 0 aromatic heterocycles. The van der Waals surface area contributed by atoms with Crippen molar-refractivity contribution in [1.82, 2.24) is 10.2 Å². The number of rotatable bonds is 12. The lowest BCUT2D eigenvalue weighted by atomic mass is 10.0. The summed E-state index contributed by atoms with van der Waals surface area (Å²) < 4.78 is 29.5. The summed E-state index contributed by atoms with van der Waals surface area (Å²) in [5.41, 5.74) is 3.97. The summed E-state index contributed by atoms with van der Waals surface area (Å²) in [6.45, 7) is 3.48. The maximum atomic E-state index is 14.6. The summed E-state index contributed by atoms with van der Waals surface area (Å²) in [5.74, 6) is -0.720. The first kappa shape index (κ1) is 33.2. The Balaban J connectivity index is 1.57. The van der Waals surface area contributed by atoms with Gasteiger partial charge in [0.2, 0.25) is 11.8 Å². The van der Waals surface area contributed by atoms with E-state index in [-0.39, 0.29) is 29.8 Å². The summed E-state index contributed by atoms with van der Waals surface area (Å²) in [6, 6.07) is 29.5. The van der Waals surface area contributed by atoms with Gasteiger partial charge in [-0.05, 0) is 79.8 Å². The van der Waals surface area contributed by atoms with Crippen LogP contribution in [0.5, 0.6) is 0 Å². The first-order chi connectivity index (χ1) is 22.1. The van der Waals surface area contributed by atoms with Crippen molar-refractivity contribution in [2.45, 2.75) is 69.5 Å². The Morgan fingerprint density at radius 3 is 2.11 bits per heavy atom. The molecule has 1 unspecified atom stereocenters. The topological polar surface area (TPSA) is 86.8 Å². The van der Waals surface area contributed by atoms with Crippen LogP contribution in [0.15, 0.2) is 108 Å². The van der Waals surface area contributed by atoms with Crippen molar-refractivity contribution >= 4 is 39.1 Å². The second kappa shape index (κ2) is 15.0. The van der Waals surface area contributed by atoms with E-state index in [4.69, 9.17) is 11.6 Å². The smallest absolute Gasteiger partial charge is 0.264 e. The Labute approximate surface area is 277 Å². The lowest BCUT2D eigenvalue weighted by Crippen LogP contribution is -2.54. The SMILES string of the molecule is Cc1cccc(CN(C(=O)CN(c2cccc(C)c2)S(=O)(=O)c2ccc(Cl)cc2)C(Cc2ccccc2)C(=O)NC2CCCC2)c1. The van der Waals surface area contributed by atoms with E-state index in [0.29, 0.717) is 10.7 Å². The molecule has 1 atom stereocenters. The molecule has 0 radical (unpaired) electrons. The van der Waals surface area contributed by atoms with E-state index in [9.17, 15) is 18.0 Å². The molecule has 7 nitrogen and oxygen atoms in total. The Kier molecular flexibility index (Phi) is 10.8. The van der Waals surface area contributed by atoms with Gasteiger partial charge in [0.25, 0.3) is 10.0 Å². The molecule has 0 aliphatic heterocycles. The van der Waals surface area contributed by atoms with Crippen molar-refractivity contribution in [3.05, 3.63) is 130 Å². The number of carbonyl (C=O) groups is 2. The highest BCUT2D eigenvalue weighted by atomic mass is 35.5. The average molecular weight is 658 g/mol. The van der Waals surface area contributed by atoms with Crippen LogP contribution in [0.1, 0.15) is 47.9 Å². The minimum Gasteiger partial charge on any atom is -0.352 e. The third kappa shape index (κ3) is 8.36. The number of hydrogen-bond donors (Lipinski definition) is 1. The molecule has 0 bridgehead atoms. The van der Waals surface area contributed by atoms with Gasteiger partial charge in [-0.2, -0.15) is 0 Å². The van der Waals surface area contributed by atoms with Gasteiger partial charge >= 0.3 is 0 Å². The summed E-state index contributed by atoms with van der Waals surface area (Å²) in [7, 11) is -4.19. The number of carbonyl (C=O) groups excluding carboxylic acids is 2. The fraction of sp³-hybridized carbons (Fsp3) is 0.297. The maximum Gasteiger partial charge on any atom is 0.264 e. The van der Waals surface area contributed by atoms with Crippen molar-refractivity contribution in [2.24, 2.45) is 0 Å². The van der Waals surface area contributed by atoms with Gasteiger partial charge < -0.3 is 10.2 Å². The number of aryl methyl sites for hydroxylation is 2. The Bertz CT molecular complexity index is 1760. The van der Waals surface area contributed by atoms with Crippen LogP contribution in [-0.4, -0.2) is 43.8 Å². The molecule has 46 heavy (non-hydrogen) atoms. The van der Waals surface area contributed by atoms with Crippen molar-refractivity contribution in [3.8, 4) is 0 Å². The molecular formula is C37H40ClN3O4S. The van der Waals surface area contributed by atoms with Crippen LogP contribution in [0.3, 0.4) is 0 Å². The summed E-state index contributed by atoms with van der Waals surface area (Å²) >= 11 is 6.08. The standard InChI is InChI=1S/C37H40ClN3O4S/c1-27-10-8-14-30(22-27)25-40(35(24-29-12-4-3-5-13-29)37(43)39-32-15-6-7-16-32)36(42)26-41(33-17-9-11-28(2)23-33)46(44,45)34-20-18-31(38)19-21-34/h3-5,8-14,17-23,32,35H,6-7,15-16,24-26H2,1-2H3,(H,39,43). The Morgan fingerprint density at radius 2 is 1.46 bits per heavy atom. The lowest BCUT2D eigenvalue weighted by Gasteiger charge is -2.34. The number of sulfonamides is 1. The number of amides is 2. The predicted molar refractivity (Wildman–Crippen MR) is 183 cm³/mol. The monoisotopic (exact) mass is 657 g/mol. The van der Waals surface area contributed by atoms with Crippen molar-refractivity contribution in [3.63, 3.8) is 0 Å². The molecule has 9 heteroatoms. The van der Waals surface area contributed by atoms with Crippen LogP contribution in [0.2, 0.25) is 5.02 Å². The average Bonchev–Trinajstić information content (AvgIpc) is 3.55. The van der Waals surface area contributed by atoms with E-state index in [1.807, 2.05) is 74.5 Å². The predicted octanol–water partition coefficient (Wildman–Crippen LogP) is 6.85. The number of nitrogens with zero attached hydrogens (tertiary/aromatic N) is 2. The molecule has 2 amide bonds. The number of hydrogen-bond acceptors (Lipinski definition) is 4.